The number of benzene rings is 1. The lowest BCUT2D eigenvalue weighted by atomic mass is 9.86. The number of guanidine groups is 1. The summed E-state index contributed by atoms with van der Waals surface area (Å²) in [5.41, 5.74) is -0.0799. The molecule has 0 saturated heterocycles. The van der Waals surface area contributed by atoms with Gasteiger partial charge in [0, 0.05) is 11.1 Å². The molecule has 0 unspecified atom stereocenters. The van der Waals surface area contributed by atoms with Crippen LogP contribution in [-0.4, -0.2) is 28.3 Å². The first-order valence-electron chi connectivity index (χ1n) is 8.53. The highest BCUT2D eigenvalue weighted by Crippen LogP contribution is 2.43. The van der Waals surface area contributed by atoms with Crippen molar-refractivity contribution in [3.05, 3.63) is 35.2 Å². The lowest BCUT2D eigenvalue weighted by Gasteiger charge is -2.41. The van der Waals surface area contributed by atoms with Gasteiger partial charge in [0.2, 0.25) is 5.96 Å². The SMILES string of the molecule is [C-]#[N+]c1ccc2c(c1)[C@H](N=C(NC#N)NC(C)(C)CC)[C@@H](O)C(C)(C)O2. The molecule has 7 heteroatoms. The average Bonchev–Trinajstić information content (AvgIpc) is 2.58. The van der Waals surface area contributed by atoms with E-state index in [9.17, 15) is 5.11 Å². The molecule has 0 bridgehead atoms. The third-order valence-electron chi connectivity index (χ3n) is 4.61. The van der Waals surface area contributed by atoms with E-state index in [2.05, 4.69) is 20.5 Å². The van der Waals surface area contributed by atoms with Gasteiger partial charge in [-0.2, -0.15) is 5.26 Å². The number of nitriles is 1. The van der Waals surface area contributed by atoms with Gasteiger partial charge in [-0.3, -0.25) is 5.32 Å². The van der Waals surface area contributed by atoms with E-state index >= 15 is 0 Å². The Balaban J connectivity index is 2.54. The van der Waals surface area contributed by atoms with E-state index in [0.29, 0.717) is 17.0 Å². The predicted octanol–water partition coefficient (Wildman–Crippen LogP) is 3.02. The number of fused-ring (bicyclic) bond motifs is 1. The Bertz CT molecular complexity index is 786. The van der Waals surface area contributed by atoms with E-state index in [1.807, 2.05) is 27.0 Å². The lowest BCUT2D eigenvalue weighted by Crippen LogP contribution is -2.51. The predicted molar refractivity (Wildman–Crippen MR) is 99.8 cm³/mol. The van der Waals surface area contributed by atoms with Gasteiger partial charge in [-0.05, 0) is 46.2 Å². The maximum absolute atomic E-state index is 10.8. The lowest BCUT2D eigenvalue weighted by molar-refractivity contribution is -0.0567. The van der Waals surface area contributed by atoms with Gasteiger partial charge in [0.1, 0.15) is 23.5 Å². The van der Waals surface area contributed by atoms with Gasteiger partial charge in [0.25, 0.3) is 0 Å². The first-order valence-corrected chi connectivity index (χ1v) is 8.53. The number of hydrogen-bond acceptors (Lipinski definition) is 4. The molecule has 7 nitrogen and oxygen atoms in total. The Labute approximate surface area is 154 Å². The van der Waals surface area contributed by atoms with Crippen molar-refractivity contribution in [2.24, 2.45) is 4.99 Å². The molecule has 2 rings (SSSR count). The summed E-state index contributed by atoms with van der Waals surface area (Å²) < 4.78 is 5.90. The summed E-state index contributed by atoms with van der Waals surface area (Å²) in [5, 5.41) is 25.7. The van der Waals surface area contributed by atoms with Crippen LogP contribution in [0.2, 0.25) is 0 Å². The van der Waals surface area contributed by atoms with Crippen molar-refractivity contribution in [3.63, 3.8) is 0 Å². The van der Waals surface area contributed by atoms with Crippen LogP contribution < -0.4 is 15.4 Å². The quantitative estimate of drug-likeness (QED) is 0.255. The fraction of sp³-hybridized carbons (Fsp3) is 0.526. The van der Waals surface area contributed by atoms with Crippen molar-refractivity contribution in [3.8, 4) is 11.9 Å². The molecule has 1 aromatic carbocycles. The summed E-state index contributed by atoms with van der Waals surface area (Å²) in [7, 11) is 0. The van der Waals surface area contributed by atoms with Crippen molar-refractivity contribution in [1.29, 1.82) is 5.26 Å². The van der Waals surface area contributed by atoms with Gasteiger partial charge < -0.3 is 15.2 Å². The molecule has 1 aliphatic heterocycles. The normalized spacial score (nSPS) is 21.6. The summed E-state index contributed by atoms with van der Waals surface area (Å²) >= 11 is 0. The second-order valence-corrected chi connectivity index (χ2v) is 7.51. The molecule has 1 aliphatic rings. The van der Waals surface area contributed by atoms with Crippen LogP contribution in [0.1, 0.15) is 52.6 Å². The Morgan fingerprint density at radius 1 is 1.50 bits per heavy atom. The minimum absolute atomic E-state index is 0.278. The van der Waals surface area contributed by atoms with Gasteiger partial charge in [0.15, 0.2) is 11.9 Å². The Kier molecular flexibility index (Phi) is 5.44. The molecule has 3 N–H and O–H groups in total. The smallest absolute Gasteiger partial charge is 0.205 e. The molecule has 0 fully saturated rings. The van der Waals surface area contributed by atoms with Crippen molar-refractivity contribution < 1.29 is 9.84 Å². The average molecular weight is 355 g/mol. The van der Waals surface area contributed by atoms with Crippen LogP contribution in [0.5, 0.6) is 5.75 Å². The molecule has 138 valence electrons. The number of aliphatic imine (C=N–C) groups is 1. The standard InChI is InChI=1S/C19H25N5O2/c1-7-18(2,3)24-17(22-11-20)23-15-13-10-12(21-6)8-9-14(13)26-19(4,5)16(15)25/h8-10,15-16,25H,7H2,1-5H3,(H2,22,23,24)/t15-,16+/m0/s1. The highest BCUT2D eigenvalue weighted by molar-refractivity contribution is 5.82. The molecule has 26 heavy (non-hydrogen) atoms. The number of aliphatic hydroxyl groups excluding tert-OH is 1. The van der Waals surface area contributed by atoms with Crippen LogP contribution in [0.4, 0.5) is 5.69 Å². The third kappa shape index (κ3) is 4.07. The summed E-state index contributed by atoms with van der Waals surface area (Å²) in [4.78, 5) is 8.03. The van der Waals surface area contributed by atoms with Gasteiger partial charge in [-0.15, -0.1) is 0 Å². The van der Waals surface area contributed by atoms with E-state index < -0.39 is 17.7 Å². The monoisotopic (exact) mass is 355 g/mol. The van der Waals surface area contributed by atoms with Crippen molar-refractivity contribution >= 4 is 11.6 Å². The molecule has 2 atom stereocenters. The molecular weight excluding hydrogens is 330 g/mol. The van der Waals surface area contributed by atoms with Gasteiger partial charge in [-0.25, -0.2) is 9.84 Å². The summed E-state index contributed by atoms with van der Waals surface area (Å²) in [6.45, 7) is 16.8. The van der Waals surface area contributed by atoms with E-state index in [1.54, 1.807) is 32.0 Å². The first kappa shape index (κ1) is 19.6. The Morgan fingerprint density at radius 3 is 2.77 bits per heavy atom. The van der Waals surface area contributed by atoms with Crippen LogP contribution >= 0.6 is 0 Å². The molecule has 1 heterocycles. The zero-order valence-electron chi connectivity index (χ0n) is 15.8. The maximum Gasteiger partial charge on any atom is 0.205 e. The van der Waals surface area contributed by atoms with E-state index in [1.165, 1.54) is 0 Å². The second kappa shape index (κ2) is 7.23. The fourth-order valence-corrected chi connectivity index (χ4v) is 2.66. The van der Waals surface area contributed by atoms with E-state index in [0.717, 1.165) is 6.42 Å². The molecule has 0 aromatic heterocycles. The highest BCUT2D eigenvalue weighted by Gasteiger charge is 2.43. The number of hydrogen-bond donors (Lipinski definition) is 3. The molecular formula is C19H25N5O2. The highest BCUT2D eigenvalue weighted by atomic mass is 16.5. The number of nitrogens with zero attached hydrogens (tertiary/aromatic N) is 3. The topological polar surface area (TPSA) is 94.0 Å². The van der Waals surface area contributed by atoms with Gasteiger partial charge in [-0.1, -0.05) is 13.0 Å². The summed E-state index contributed by atoms with van der Waals surface area (Å²) in [6, 6.07) is 4.39. The number of nitrogens with one attached hydrogen (secondary N) is 2. The van der Waals surface area contributed by atoms with Crippen LogP contribution in [-0.2, 0) is 0 Å². The fourth-order valence-electron chi connectivity index (χ4n) is 2.66. The second-order valence-electron chi connectivity index (χ2n) is 7.51. The number of ether oxygens (including phenoxy) is 1. The van der Waals surface area contributed by atoms with Crippen LogP contribution in [0.15, 0.2) is 23.2 Å². The molecule has 0 saturated carbocycles. The zero-order chi connectivity index (χ0) is 19.5. The van der Waals surface area contributed by atoms with Crippen molar-refractivity contribution in [1.82, 2.24) is 10.6 Å². The summed E-state index contributed by atoms with van der Waals surface area (Å²) in [5.74, 6) is 0.854. The van der Waals surface area contributed by atoms with Gasteiger partial charge in [0.05, 0.1) is 6.57 Å². The Morgan fingerprint density at radius 2 is 2.19 bits per heavy atom. The van der Waals surface area contributed by atoms with E-state index in [4.69, 9.17) is 16.6 Å². The number of rotatable bonds is 3. The van der Waals surface area contributed by atoms with Crippen molar-refractivity contribution in [2.45, 2.75) is 64.3 Å². The zero-order valence-corrected chi connectivity index (χ0v) is 15.8. The van der Waals surface area contributed by atoms with E-state index in [-0.39, 0.29) is 11.5 Å². The third-order valence-corrected chi connectivity index (χ3v) is 4.61. The molecule has 0 aliphatic carbocycles. The molecule has 1 aromatic rings. The largest absolute Gasteiger partial charge is 0.485 e. The number of aliphatic hydroxyl groups is 1. The van der Waals surface area contributed by atoms with Gasteiger partial charge >= 0.3 is 0 Å². The minimum atomic E-state index is -0.946. The molecule has 0 radical (unpaired) electrons. The minimum Gasteiger partial charge on any atom is -0.485 e. The Hall–Kier alpha value is -2.77. The van der Waals surface area contributed by atoms with Crippen molar-refractivity contribution in [2.75, 3.05) is 0 Å². The summed E-state index contributed by atoms with van der Waals surface area (Å²) in [6.07, 6.45) is 1.75. The first-order chi connectivity index (χ1) is 12.1. The molecule has 0 amide bonds. The molecule has 0 spiro atoms. The van der Waals surface area contributed by atoms with Crippen LogP contribution in [0, 0.1) is 18.0 Å². The van der Waals surface area contributed by atoms with Crippen LogP contribution in [0.25, 0.3) is 4.85 Å². The van der Waals surface area contributed by atoms with Crippen LogP contribution in [0.3, 0.4) is 0 Å². The maximum atomic E-state index is 10.8.